The molecule has 0 bridgehead atoms. The average Bonchev–Trinajstić information content (AvgIpc) is 2.38. The molecule has 0 aromatic heterocycles. The summed E-state index contributed by atoms with van der Waals surface area (Å²) < 4.78 is 6.57. The molecule has 0 saturated heterocycles. The molecule has 0 saturated carbocycles. The first-order valence-electron chi connectivity index (χ1n) is 8.88. The minimum atomic E-state index is -1.85. The molecule has 1 amide bonds. The molecule has 3 nitrogen and oxygen atoms in total. The number of unbranched alkanes of at least 4 members (excludes halogenated alkanes) is 1. The zero-order valence-corrected chi connectivity index (χ0v) is 17.4. The van der Waals surface area contributed by atoms with Gasteiger partial charge in [-0.2, -0.15) is 0 Å². The molecule has 0 radical (unpaired) electrons. The fraction of sp³-hybridized carbons (Fsp3) is 0.944. The molecule has 0 aromatic carbocycles. The number of rotatable bonds is 9. The lowest BCUT2D eigenvalue weighted by molar-refractivity contribution is -0.127. The molecule has 1 N–H and O–H groups in total. The van der Waals surface area contributed by atoms with Crippen LogP contribution in [0.2, 0.25) is 18.1 Å². The molecular weight excluding hydrogens is 290 g/mol. The summed E-state index contributed by atoms with van der Waals surface area (Å²) in [5, 5.41) is 3.23. The van der Waals surface area contributed by atoms with Crippen LogP contribution in [0, 0.1) is 11.8 Å². The van der Waals surface area contributed by atoms with E-state index in [1.165, 1.54) is 0 Å². The molecule has 0 aliphatic carbocycles. The summed E-state index contributed by atoms with van der Waals surface area (Å²) in [5.41, 5.74) is 0. The summed E-state index contributed by atoms with van der Waals surface area (Å²) in [7, 11) is -1.85. The van der Waals surface area contributed by atoms with Gasteiger partial charge in [0.2, 0.25) is 5.91 Å². The molecule has 0 rings (SSSR count). The van der Waals surface area contributed by atoms with Gasteiger partial charge < -0.3 is 9.74 Å². The monoisotopic (exact) mass is 329 g/mol. The van der Waals surface area contributed by atoms with Crippen LogP contribution < -0.4 is 5.32 Å². The minimum Gasteiger partial charge on any atom is -0.413 e. The van der Waals surface area contributed by atoms with Gasteiger partial charge in [-0.15, -0.1) is 0 Å². The third kappa shape index (κ3) is 7.27. The summed E-state index contributed by atoms with van der Waals surface area (Å²) in [6.07, 6.45) is 3.26. The molecule has 132 valence electrons. The highest BCUT2D eigenvalue weighted by atomic mass is 28.4. The van der Waals surface area contributed by atoms with Crippen LogP contribution in [0.15, 0.2) is 0 Å². The van der Waals surface area contributed by atoms with E-state index in [0.717, 1.165) is 25.8 Å². The lowest BCUT2D eigenvalue weighted by atomic mass is 9.98. The Labute approximate surface area is 139 Å². The van der Waals surface area contributed by atoms with E-state index in [9.17, 15) is 4.79 Å². The molecule has 2 atom stereocenters. The second-order valence-corrected chi connectivity index (χ2v) is 13.2. The number of carbonyl (C=O) groups is 1. The van der Waals surface area contributed by atoms with E-state index in [0.29, 0.717) is 5.92 Å². The van der Waals surface area contributed by atoms with Crippen LogP contribution in [-0.4, -0.2) is 26.9 Å². The van der Waals surface area contributed by atoms with Gasteiger partial charge in [0.1, 0.15) is 0 Å². The van der Waals surface area contributed by atoms with Gasteiger partial charge in [0, 0.05) is 6.54 Å². The maximum absolute atomic E-state index is 12.4. The van der Waals surface area contributed by atoms with E-state index in [2.05, 4.69) is 60.0 Å². The van der Waals surface area contributed by atoms with E-state index in [1.807, 2.05) is 6.92 Å². The topological polar surface area (TPSA) is 38.3 Å². The molecule has 4 heteroatoms. The zero-order valence-electron chi connectivity index (χ0n) is 16.4. The van der Waals surface area contributed by atoms with Crippen LogP contribution in [0.25, 0.3) is 0 Å². The van der Waals surface area contributed by atoms with Crippen LogP contribution >= 0.6 is 0 Å². The standard InChI is InChI=1S/C18H39NO2Si/c1-10-11-12-16(21-22(8,9)18(5,6)7)15(4)17(20)19-13-14(2)3/h14-16H,10-13H2,1-9H3,(H,19,20). The van der Waals surface area contributed by atoms with Crippen molar-refractivity contribution in [2.24, 2.45) is 11.8 Å². The Balaban J connectivity index is 4.92. The smallest absolute Gasteiger partial charge is 0.225 e. The lowest BCUT2D eigenvalue weighted by Gasteiger charge is -2.40. The zero-order chi connectivity index (χ0) is 17.6. The molecule has 0 aliphatic rings. The summed E-state index contributed by atoms with van der Waals surface area (Å²) >= 11 is 0. The highest BCUT2D eigenvalue weighted by molar-refractivity contribution is 6.74. The van der Waals surface area contributed by atoms with Crippen LogP contribution in [0.3, 0.4) is 0 Å². The van der Waals surface area contributed by atoms with Gasteiger partial charge >= 0.3 is 0 Å². The third-order valence-corrected chi connectivity index (χ3v) is 9.25. The van der Waals surface area contributed by atoms with Gasteiger partial charge in [-0.25, -0.2) is 0 Å². The van der Waals surface area contributed by atoms with Gasteiger partial charge in [0.15, 0.2) is 8.32 Å². The quantitative estimate of drug-likeness (QED) is 0.606. The Morgan fingerprint density at radius 2 is 1.73 bits per heavy atom. The Morgan fingerprint density at radius 1 is 1.18 bits per heavy atom. The van der Waals surface area contributed by atoms with Crippen molar-refractivity contribution < 1.29 is 9.22 Å². The Bertz CT molecular complexity index is 334. The average molecular weight is 330 g/mol. The summed E-state index contributed by atoms with van der Waals surface area (Å²) in [6, 6.07) is 0. The first-order chi connectivity index (χ1) is 9.92. The normalized spacial score (nSPS) is 15.7. The van der Waals surface area contributed by atoms with E-state index >= 15 is 0 Å². The second-order valence-electron chi connectivity index (χ2n) is 8.49. The number of hydrogen-bond acceptors (Lipinski definition) is 2. The second kappa shape index (κ2) is 9.07. The summed E-state index contributed by atoms with van der Waals surface area (Å²) in [4.78, 5) is 12.4. The number of hydrogen-bond donors (Lipinski definition) is 1. The highest BCUT2D eigenvalue weighted by Gasteiger charge is 2.40. The molecule has 0 aromatic rings. The first-order valence-corrected chi connectivity index (χ1v) is 11.8. The predicted octanol–water partition coefficient (Wildman–Crippen LogP) is 4.98. The van der Waals surface area contributed by atoms with Crippen molar-refractivity contribution in [3.63, 3.8) is 0 Å². The van der Waals surface area contributed by atoms with E-state index in [1.54, 1.807) is 0 Å². The number of carbonyl (C=O) groups excluding carboxylic acids is 1. The molecule has 0 aliphatic heterocycles. The summed E-state index contributed by atoms with van der Waals surface area (Å²) in [6.45, 7) is 20.5. The number of nitrogens with one attached hydrogen (secondary N) is 1. The molecular formula is C18H39NO2Si. The molecule has 0 heterocycles. The van der Waals surface area contributed by atoms with Crippen LogP contribution in [-0.2, 0) is 9.22 Å². The molecule has 2 unspecified atom stereocenters. The Kier molecular flexibility index (Phi) is 8.92. The fourth-order valence-corrected chi connectivity index (χ4v) is 3.44. The predicted molar refractivity (Wildman–Crippen MR) is 98.6 cm³/mol. The van der Waals surface area contributed by atoms with Crippen molar-refractivity contribution in [3.8, 4) is 0 Å². The minimum absolute atomic E-state index is 0.0352. The highest BCUT2D eigenvalue weighted by Crippen LogP contribution is 2.38. The van der Waals surface area contributed by atoms with Crippen LogP contribution in [0.4, 0.5) is 0 Å². The van der Waals surface area contributed by atoms with Crippen molar-refractivity contribution in [2.75, 3.05) is 6.54 Å². The third-order valence-electron chi connectivity index (χ3n) is 4.75. The fourth-order valence-electron chi connectivity index (χ4n) is 2.01. The van der Waals surface area contributed by atoms with Crippen molar-refractivity contribution in [1.29, 1.82) is 0 Å². The van der Waals surface area contributed by atoms with Crippen molar-refractivity contribution in [3.05, 3.63) is 0 Å². The maximum atomic E-state index is 12.4. The largest absolute Gasteiger partial charge is 0.413 e. The van der Waals surface area contributed by atoms with Gasteiger partial charge in [0.05, 0.1) is 12.0 Å². The molecule has 22 heavy (non-hydrogen) atoms. The van der Waals surface area contributed by atoms with Crippen molar-refractivity contribution in [1.82, 2.24) is 5.32 Å². The Hall–Kier alpha value is -0.353. The van der Waals surface area contributed by atoms with Crippen molar-refractivity contribution >= 4 is 14.2 Å². The van der Waals surface area contributed by atoms with E-state index in [4.69, 9.17) is 4.43 Å². The summed E-state index contributed by atoms with van der Waals surface area (Å²) in [5.74, 6) is 0.527. The molecule has 0 spiro atoms. The Morgan fingerprint density at radius 3 is 2.14 bits per heavy atom. The van der Waals surface area contributed by atoms with Gasteiger partial charge in [-0.05, 0) is 30.5 Å². The SMILES string of the molecule is CCCCC(O[Si](C)(C)C(C)(C)C)C(C)C(=O)NCC(C)C. The van der Waals surface area contributed by atoms with Crippen LogP contribution in [0.1, 0.15) is 67.7 Å². The first kappa shape index (κ1) is 21.6. The molecule has 0 fully saturated rings. The van der Waals surface area contributed by atoms with Gasteiger partial charge in [0.25, 0.3) is 0 Å². The van der Waals surface area contributed by atoms with E-state index < -0.39 is 8.32 Å². The maximum Gasteiger partial charge on any atom is 0.225 e. The van der Waals surface area contributed by atoms with Gasteiger partial charge in [-0.1, -0.05) is 61.3 Å². The van der Waals surface area contributed by atoms with E-state index in [-0.39, 0.29) is 23.0 Å². The van der Waals surface area contributed by atoms with Crippen LogP contribution in [0.5, 0.6) is 0 Å². The van der Waals surface area contributed by atoms with Crippen molar-refractivity contribution in [2.45, 2.75) is 92.0 Å². The van der Waals surface area contributed by atoms with Gasteiger partial charge in [-0.3, -0.25) is 4.79 Å². The lowest BCUT2D eigenvalue weighted by Crippen LogP contribution is -2.48. The number of amides is 1.